The van der Waals surface area contributed by atoms with E-state index in [9.17, 15) is 9.90 Å². The molecular formula is C18H20N4O2. The fourth-order valence-corrected chi connectivity index (χ4v) is 3.13. The van der Waals surface area contributed by atoms with Crippen LogP contribution >= 0.6 is 0 Å². The molecule has 6 nitrogen and oxygen atoms in total. The van der Waals surface area contributed by atoms with Gasteiger partial charge in [-0.25, -0.2) is 0 Å². The van der Waals surface area contributed by atoms with E-state index in [1.807, 2.05) is 24.3 Å². The maximum atomic E-state index is 12.6. The average Bonchev–Trinajstić information content (AvgIpc) is 2.93. The Morgan fingerprint density at radius 3 is 2.92 bits per heavy atom. The van der Waals surface area contributed by atoms with Crippen molar-refractivity contribution in [3.63, 3.8) is 0 Å². The lowest BCUT2D eigenvalue weighted by Crippen LogP contribution is -2.48. The smallest absolute Gasteiger partial charge is 0.268 e. The Morgan fingerprint density at radius 2 is 2.33 bits per heavy atom. The van der Waals surface area contributed by atoms with Crippen LogP contribution in [0.3, 0.4) is 0 Å². The second-order valence-corrected chi connectivity index (χ2v) is 6.33. The van der Waals surface area contributed by atoms with E-state index in [0.29, 0.717) is 30.5 Å². The van der Waals surface area contributed by atoms with E-state index < -0.39 is 0 Å². The summed E-state index contributed by atoms with van der Waals surface area (Å²) in [5.41, 5.74) is 1.83. The number of amides is 1. The highest BCUT2D eigenvalue weighted by Gasteiger charge is 2.35. The highest BCUT2D eigenvalue weighted by atomic mass is 16.3. The number of hydrogen-bond acceptors (Lipinski definition) is 4. The van der Waals surface area contributed by atoms with Gasteiger partial charge in [-0.15, -0.1) is 0 Å². The van der Waals surface area contributed by atoms with Crippen molar-refractivity contribution in [2.24, 2.45) is 13.0 Å². The Kier molecular flexibility index (Phi) is 4.63. The van der Waals surface area contributed by atoms with Crippen LogP contribution in [0.4, 0.5) is 0 Å². The van der Waals surface area contributed by atoms with Crippen molar-refractivity contribution in [3.05, 3.63) is 53.6 Å². The van der Waals surface area contributed by atoms with Gasteiger partial charge in [-0.3, -0.25) is 9.78 Å². The number of aliphatic hydroxyl groups excluding tert-OH is 1. The Morgan fingerprint density at radius 1 is 1.54 bits per heavy atom. The van der Waals surface area contributed by atoms with Crippen LogP contribution in [0.15, 0.2) is 36.7 Å². The number of nitrogens with zero attached hydrogens (tertiary/aromatic N) is 3. The number of aryl methyl sites for hydroxylation is 1. The predicted molar refractivity (Wildman–Crippen MR) is 88.1 cm³/mol. The SMILES string of the molecule is Cn1cc(C#N)cc1C(=O)N[C@H](Cc1ccccn1)C1CC(O)C1. The number of aromatic nitrogens is 2. The molecule has 1 saturated carbocycles. The van der Waals surface area contributed by atoms with Crippen molar-refractivity contribution in [1.29, 1.82) is 5.26 Å². The Bertz CT molecular complexity index is 757. The molecule has 0 saturated heterocycles. The van der Waals surface area contributed by atoms with E-state index in [1.54, 1.807) is 30.1 Å². The van der Waals surface area contributed by atoms with Crippen LogP contribution in [-0.4, -0.2) is 32.7 Å². The van der Waals surface area contributed by atoms with Crippen molar-refractivity contribution in [3.8, 4) is 6.07 Å². The first-order chi connectivity index (χ1) is 11.6. The van der Waals surface area contributed by atoms with Crippen LogP contribution in [0.5, 0.6) is 0 Å². The second-order valence-electron chi connectivity index (χ2n) is 6.33. The van der Waals surface area contributed by atoms with Gasteiger partial charge in [0.2, 0.25) is 0 Å². The summed E-state index contributed by atoms with van der Waals surface area (Å²) in [5, 5.41) is 21.6. The average molecular weight is 324 g/mol. The molecule has 1 aliphatic rings. The molecule has 1 aliphatic carbocycles. The standard InChI is InChI=1S/C18H20N4O2/c1-22-11-12(10-19)6-17(22)18(24)21-16(13-7-15(23)8-13)9-14-4-2-3-5-20-14/h2-6,11,13,15-16,23H,7-9H2,1H3,(H,21,24)/t13?,15?,16-/m1/s1. The molecule has 3 rings (SSSR count). The fourth-order valence-electron chi connectivity index (χ4n) is 3.13. The molecule has 1 fully saturated rings. The van der Waals surface area contributed by atoms with Gasteiger partial charge in [-0.05, 0) is 37.0 Å². The first-order valence-corrected chi connectivity index (χ1v) is 8.02. The highest BCUT2D eigenvalue weighted by molar-refractivity contribution is 5.93. The van der Waals surface area contributed by atoms with Crippen LogP contribution in [0.1, 0.15) is 34.6 Å². The van der Waals surface area contributed by atoms with Gasteiger partial charge in [-0.2, -0.15) is 5.26 Å². The van der Waals surface area contributed by atoms with Gasteiger partial charge < -0.3 is 15.0 Å². The normalized spacial score (nSPS) is 20.7. The number of rotatable bonds is 5. The van der Waals surface area contributed by atoms with Crippen LogP contribution in [0.2, 0.25) is 0 Å². The molecule has 2 N–H and O–H groups in total. The van der Waals surface area contributed by atoms with Crippen LogP contribution in [0.25, 0.3) is 0 Å². The summed E-state index contributed by atoms with van der Waals surface area (Å²) in [6.07, 6.45) is 5.09. The number of nitrogens with one attached hydrogen (secondary N) is 1. The van der Waals surface area contributed by atoms with E-state index in [2.05, 4.69) is 10.3 Å². The lowest BCUT2D eigenvalue weighted by atomic mass is 9.76. The highest BCUT2D eigenvalue weighted by Crippen LogP contribution is 2.31. The molecule has 2 aromatic heterocycles. The van der Waals surface area contributed by atoms with Crippen LogP contribution in [-0.2, 0) is 13.5 Å². The summed E-state index contributed by atoms with van der Waals surface area (Å²) >= 11 is 0. The fraction of sp³-hybridized carbons (Fsp3) is 0.389. The molecule has 0 bridgehead atoms. The van der Waals surface area contributed by atoms with Gasteiger partial charge in [0.15, 0.2) is 0 Å². The summed E-state index contributed by atoms with van der Waals surface area (Å²) in [6.45, 7) is 0. The zero-order valence-electron chi connectivity index (χ0n) is 13.5. The number of hydrogen-bond donors (Lipinski definition) is 2. The number of carbonyl (C=O) groups is 1. The first kappa shape index (κ1) is 16.2. The van der Waals surface area contributed by atoms with E-state index in [4.69, 9.17) is 5.26 Å². The van der Waals surface area contributed by atoms with Crippen molar-refractivity contribution >= 4 is 5.91 Å². The zero-order valence-corrected chi connectivity index (χ0v) is 13.5. The monoisotopic (exact) mass is 324 g/mol. The molecule has 124 valence electrons. The Hall–Kier alpha value is -2.65. The summed E-state index contributed by atoms with van der Waals surface area (Å²) < 4.78 is 1.65. The maximum absolute atomic E-state index is 12.6. The molecule has 0 unspecified atom stereocenters. The topological polar surface area (TPSA) is 90.9 Å². The minimum atomic E-state index is -0.279. The minimum absolute atomic E-state index is 0.0868. The van der Waals surface area contributed by atoms with E-state index in [1.165, 1.54) is 0 Å². The number of nitriles is 1. The molecular weight excluding hydrogens is 304 g/mol. The zero-order chi connectivity index (χ0) is 17.1. The third kappa shape index (κ3) is 3.47. The van der Waals surface area contributed by atoms with Crippen LogP contribution < -0.4 is 5.32 Å². The molecule has 1 amide bonds. The summed E-state index contributed by atoms with van der Waals surface area (Å²) in [6, 6.07) is 9.26. The van der Waals surface area contributed by atoms with Gasteiger partial charge >= 0.3 is 0 Å². The predicted octanol–water partition coefficient (Wildman–Crippen LogP) is 1.40. The molecule has 0 spiro atoms. The lowest BCUT2D eigenvalue weighted by Gasteiger charge is -2.38. The first-order valence-electron chi connectivity index (χ1n) is 8.02. The van der Waals surface area contributed by atoms with Gasteiger partial charge in [0.1, 0.15) is 11.8 Å². The Balaban J connectivity index is 1.74. The third-order valence-electron chi connectivity index (χ3n) is 4.56. The van der Waals surface area contributed by atoms with E-state index >= 15 is 0 Å². The van der Waals surface area contributed by atoms with Crippen molar-refractivity contribution in [1.82, 2.24) is 14.9 Å². The molecule has 2 aromatic rings. The summed E-state index contributed by atoms with van der Waals surface area (Å²) in [4.78, 5) is 16.9. The van der Waals surface area contributed by atoms with Crippen LogP contribution in [0, 0.1) is 17.2 Å². The molecule has 0 aromatic carbocycles. The number of aliphatic hydroxyl groups is 1. The summed E-state index contributed by atoms with van der Waals surface area (Å²) in [7, 11) is 1.75. The third-order valence-corrected chi connectivity index (χ3v) is 4.56. The second kappa shape index (κ2) is 6.85. The molecule has 0 aliphatic heterocycles. The molecule has 6 heteroatoms. The van der Waals surface area contributed by atoms with E-state index in [0.717, 1.165) is 5.69 Å². The number of carbonyl (C=O) groups excluding carboxylic acids is 1. The largest absolute Gasteiger partial charge is 0.393 e. The summed E-state index contributed by atoms with van der Waals surface area (Å²) in [5.74, 6) is 0.0305. The van der Waals surface area contributed by atoms with Crippen molar-refractivity contribution < 1.29 is 9.90 Å². The maximum Gasteiger partial charge on any atom is 0.268 e. The van der Waals surface area contributed by atoms with Gasteiger partial charge in [0, 0.05) is 37.6 Å². The van der Waals surface area contributed by atoms with Crippen molar-refractivity contribution in [2.75, 3.05) is 0 Å². The Labute approximate surface area is 140 Å². The van der Waals surface area contributed by atoms with Crippen molar-refractivity contribution in [2.45, 2.75) is 31.4 Å². The van der Waals surface area contributed by atoms with Gasteiger partial charge in [0.25, 0.3) is 5.91 Å². The minimum Gasteiger partial charge on any atom is -0.393 e. The molecule has 1 atom stereocenters. The van der Waals surface area contributed by atoms with E-state index in [-0.39, 0.29) is 24.0 Å². The van der Waals surface area contributed by atoms with Gasteiger partial charge in [-0.1, -0.05) is 6.07 Å². The molecule has 24 heavy (non-hydrogen) atoms. The van der Waals surface area contributed by atoms with Gasteiger partial charge in [0.05, 0.1) is 11.7 Å². The quantitative estimate of drug-likeness (QED) is 0.870. The number of pyridine rings is 1. The lowest BCUT2D eigenvalue weighted by molar-refractivity contribution is 0.0237. The molecule has 2 heterocycles. The molecule has 0 radical (unpaired) electrons.